The van der Waals surface area contributed by atoms with Gasteiger partial charge in [0.05, 0.1) is 0 Å². The summed E-state index contributed by atoms with van der Waals surface area (Å²) in [6.45, 7) is 4.08. The molecule has 5 saturated heterocycles. The van der Waals surface area contributed by atoms with Crippen molar-refractivity contribution in [3.8, 4) is 0 Å². The first-order chi connectivity index (χ1) is 8.31. The molecular formula is C14H25N3. The van der Waals surface area contributed by atoms with E-state index in [2.05, 4.69) is 9.80 Å². The van der Waals surface area contributed by atoms with Crippen LogP contribution in [-0.4, -0.2) is 53.6 Å². The van der Waals surface area contributed by atoms with Crippen molar-refractivity contribution in [2.45, 2.75) is 62.7 Å². The van der Waals surface area contributed by atoms with Crippen molar-refractivity contribution >= 4 is 0 Å². The Bertz CT molecular complexity index is 284. The van der Waals surface area contributed by atoms with Crippen LogP contribution in [0.15, 0.2) is 0 Å². The Morgan fingerprint density at radius 2 is 1.53 bits per heavy atom. The van der Waals surface area contributed by atoms with Crippen LogP contribution >= 0.6 is 0 Å². The third kappa shape index (κ3) is 1.66. The Labute approximate surface area is 104 Å². The van der Waals surface area contributed by atoms with E-state index in [1.807, 2.05) is 0 Å². The minimum atomic E-state index is 0.491. The van der Waals surface area contributed by atoms with Crippen molar-refractivity contribution in [2.75, 3.05) is 19.6 Å². The molecule has 5 aliphatic rings. The third-order valence-corrected chi connectivity index (χ3v) is 5.83. The Morgan fingerprint density at radius 3 is 2.06 bits per heavy atom. The molecule has 2 N–H and O–H groups in total. The first-order valence-corrected chi connectivity index (χ1v) is 7.56. The molecule has 5 rings (SSSR count). The standard InChI is InChI=1S/C14H25N3/c15-11-7-12-1-2-13(8-11)17(12)14-9-16-5-3-10(14)4-6-16/h10-14H,1-9,15H2. The Morgan fingerprint density at radius 1 is 0.882 bits per heavy atom. The fourth-order valence-electron chi connectivity index (χ4n) is 5.07. The summed E-state index contributed by atoms with van der Waals surface area (Å²) >= 11 is 0. The maximum atomic E-state index is 6.19. The number of nitrogens with zero attached hydrogens (tertiary/aromatic N) is 2. The first-order valence-electron chi connectivity index (χ1n) is 7.56. The molecule has 4 bridgehead atoms. The molecule has 3 unspecified atom stereocenters. The van der Waals surface area contributed by atoms with E-state index in [4.69, 9.17) is 5.73 Å². The quantitative estimate of drug-likeness (QED) is 0.737. The first kappa shape index (κ1) is 10.8. The summed E-state index contributed by atoms with van der Waals surface area (Å²) in [7, 11) is 0. The summed E-state index contributed by atoms with van der Waals surface area (Å²) in [4.78, 5) is 5.61. The summed E-state index contributed by atoms with van der Waals surface area (Å²) in [5, 5.41) is 0. The zero-order chi connectivity index (χ0) is 11.4. The number of hydrogen-bond donors (Lipinski definition) is 1. The van der Waals surface area contributed by atoms with Gasteiger partial charge in [0.2, 0.25) is 0 Å². The zero-order valence-corrected chi connectivity index (χ0v) is 10.7. The largest absolute Gasteiger partial charge is 0.328 e. The van der Waals surface area contributed by atoms with Crippen LogP contribution in [0.4, 0.5) is 0 Å². The van der Waals surface area contributed by atoms with Crippen LogP contribution in [0.1, 0.15) is 38.5 Å². The van der Waals surface area contributed by atoms with Crippen LogP contribution in [0.25, 0.3) is 0 Å². The number of rotatable bonds is 1. The van der Waals surface area contributed by atoms with Gasteiger partial charge in [0.1, 0.15) is 0 Å². The molecule has 5 aliphatic heterocycles. The van der Waals surface area contributed by atoms with E-state index < -0.39 is 0 Å². The molecule has 0 saturated carbocycles. The van der Waals surface area contributed by atoms with Gasteiger partial charge in [0.25, 0.3) is 0 Å². The highest BCUT2D eigenvalue weighted by Crippen LogP contribution is 2.42. The number of hydrogen-bond acceptors (Lipinski definition) is 3. The van der Waals surface area contributed by atoms with Crippen LogP contribution in [0.3, 0.4) is 0 Å². The smallest absolute Gasteiger partial charge is 0.0258 e. The molecule has 3 nitrogen and oxygen atoms in total. The molecule has 0 aromatic carbocycles. The Hall–Kier alpha value is -0.120. The Balaban J connectivity index is 1.55. The predicted molar refractivity (Wildman–Crippen MR) is 68.8 cm³/mol. The summed E-state index contributed by atoms with van der Waals surface area (Å²) in [5.74, 6) is 0.998. The van der Waals surface area contributed by atoms with Crippen molar-refractivity contribution in [3.05, 3.63) is 0 Å². The summed E-state index contributed by atoms with van der Waals surface area (Å²) in [5.41, 5.74) is 6.19. The van der Waals surface area contributed by atoms with Crippen LogP contribution in [0, 0.1) is 5.92 Å². The second-order valence-corrected chi connectivity index (χ2v) is 6.77. The van der Waals surface area contributed by atoms with Gasteiger partial charge in [-0.15, -0.1) is 0 Å². The normalized spacial score (nSPS) is 54.2. The fourth-order valence-corrected chi connectivity index (χ4v) is 5.07. The minimum absolute atomic E-state index is 0.491. The van der Waals surface area contributed by atoms with Gasteiger partial charge in [-0.2, -0.15) is 0 Å². The minimum Gasteiger partial charge on any atom is -0.328 e. The van der Waals surface area contributed by atoms with Gasteiger partial charge >= 0.3 is 0 Å². The van der Waals surface area contributed by atoms with E-state index in [-0.39, 0.29) is 0 Å². The van der Waals surface area contributed by atoms with E-state index in [1.165, 1.54) is 58.2 Å². The molecule has 17 heavy (non-hydrogen) atoms. The van der Waals surface area contributed by atoms with Gasteiger partial charge in [-0.3, -0.25) is 4.90 Å². The highest BCUT2D eigenvalue weighted by molar-refractivity contribution is 5.03. The maximum Gasteiger partial charge on any atom is 0.0258 e. The molecule has 0 aromatic heterocycles. The SMILES string of the molecule is NC1CC2CCC(C1)N2C1CN2CCC1CC2. The molecule has 0 aliphatic carbocycles. The molecule has 0 radical (unpaired) electrons. The third-order valence-electron chi connectivity index (χ3n) is 5.83. The van der Waals surface area contributed by atoms with Gasteiger partial charge in [-0.05, 0) is 57.5 Å². The zero-order valence-electron chi connectivity index (χ0n) is 10.7. The predicted octanol–water partition coefficient (Wildman–Crippen LogP) is 1.03. The van der Waals surface area contributed by atoms with E-state index in [1.54, 1.807) is 0 Å². The maximum absolute atomic E-state index is 6.19. The van der Waals surface area contributed by atoms with Gasteiger partial charge in [-0.25, -0.2) is 0 Å². The summed E-state index contributed by atoms with van der Waals surface area (Å²) < 4.78 is 0. The molecule has 0 amide bonds. The lowest BCUT2D eigenvalue weighted by atomic mass is 9.81. The van der Waals surface area contributed by atoms with Gasteiger partial charge in [-0.1, -0.05) is 0 Å². The lowest BCUT2D eigenvalue weighted by molar-refractivity contribution is -0.0335. The van der Waals surface area contributed by atoms with E-state index in [0.717, 1.165) is 24.0 Å². The molecule has 96 valence electrons. The average Bonchev–Trinajstić information content (AvgIpc) is 2.63. The van der Waals surface area contributed by atoms with E-state index >= 15 is 0 Å². The monoisotopic (exact) mass is 235 g/mol. The molecule has 0 spiro atoms. The second kappa shape index (κ2) is 3.94. The van der Waals surface area contributed by atoms with Crippen molar-refractivity contribution in [2.24, 2.45) is 11.7 Å². The molecule has 5 fully saturated rings. The van der Waals surface area contributed by atoms with Crippen molar-refractivity contribution in [1.29, 1.82) is 0 Å². The number of piperidine rings is 4. The van der Waals surface area contributed by atoms with Gasteiger partial charge < -0.3 is 10.6 Å². The molecule has 0 aromatic rings. The van der Waals surface area contributed by atoms with Gasteiger partial charge in [0.15, 0.2) is 0 Å². The summed E-state index contributed by atoms with van der Waals surface area (Å²) in [6.07, 6.45) is 8.27. The highest BCUT2D eigenvalue weighted by Gasteiger charge is 2.47. The molecule has 5 heterocycles. The number of fused-ring (bicyclic) bond motifs is 6. The van der Waals surface area contributed by atoms with E-state index in [9.17, 15) is 0 Å². The van der Waals surface area contributed by atoms with E-state index in [0.29, 0.717) is 6.04 Å². The molecular weight excluding hydrogens is 210 g/mol. The fraction of sp³-hybridized carbons (Fsp3) is 1.00. The van der Waals surface area contributed by atoms with Crippen molar-refractivity contribution in [1.82, 2.24) is 9.80 Å². The lowest BCUT2D eigenvalue weighted by Crippen LogP contribution is -2.62. The summed E-state index contributed by atoms with van der Waals surface area (Å²) in [6, 6.07) is 3.02. The Kier molecular flexibility index (Phi) is 2.50. The average molecular weight is 235 g/mol. The highest BCUT2D eigenvalue weighted by atomic mass is 15.3. The number of nitrogens with two attached hydrogens (primary N) is 1. The topological polar surface area (TPSA) is 32.5 Å². The second-order valence-electron chi connectivity index (χ2n) is 6.77. The lowest BCUT2D eigenvalue weighted by Gasteiger charge is -2.53. The van der Waals surface area contributed by atoms with Gasteiger partial charge in [0, 0.05) is 30.7 Å². The van der Waals surface area contributed by atoms with Crippen LogP contribution < -0.4 is 5.73 Å². The molecule has 3 atom stereocenters. The molecule has 3 heteroatoms. The van der Waals surface area contributed by atoms with Crippen molar-refractivity contribution < 1.29 is 0 Å². The van der Waals surface area contributed by atoms with Crippen molar-refractivity contribution in [3.63, 3.8) is 0 Å². The van der Waals surface area contributed by atoms with Crippen LogP contribution in [0.5, 0.6) is 0 Å². The van der Waals surface area contributed by atoms with Crippen LogP contribution in [-0.2, 0) is 0 Å². The van der Waals surface area contributed by atoms with Crippen LogP contribution in [0.2, 0.25) is 0 Å².